The molecule has 0 saturated carbocycles. The Bertz CT molecular complexity index is 780. The molecule has 2 heterocycles. The number of nitrogens with zero attached hydrogens (tertiary/aromatic N) is 3. The Balaban J connectivity index is 2.12. The lowest BCUT2D eigenvalue weighted by molar-refractivity contribution is 0.0601. The summed E-state index contributed by atoms with van der Waals surface area (Å²) in [6, 6.07) is 5.25. The molecule has 0 aliphatic rings. The van der Waals surface area contributed by atoms with Crippen LogP contribution in [0.15, 0.2) is 30.7 Å². The van der Waals surface area contributed by atoms with Crippen LogP contribution in [-0.2, 0) is 17.2 Å². The minimum absolute atomic E-state index is 0.288. The highest BCUT2D eigenvalue weighted by atomic mass is 35.5. The molecule has 3 rings (SSSR count). The van der Waals surface area contributed by atoms with E-state index in [1.54, 1.807) is 30.7 Å². The molecule has 0 saturated heterocycles. The first-order chi connectivity index (χ1) is 10.2. The summed E-state index contributed by atoms with van der Waals surface area (Å²) >= 11 is 5.97. The van der Waals surface area contributed by atoms with Crippen molar-refractivity contribution in [2.24, 2.45) is 0 Å². The summed E-state index contributed by atoms with van der Waals surface area (Å²) in [7, 11) is 1.36. The first-order valence-electron chi connectivity index (χ1n) is 6.33. The van der Waals surface area contributed by atoms with Gasteiger partial charge in [0.05, 0.1) is 48.2 Å². The van der Waals surface area contributed by atoms with Gasteiger partial charge in [0.2, 0.25) is 0 Å². The highest BCUT2D eigenvalue weighted by molar-refractivity contribution is 6.16. The van der Waals surface area contributed by atoms with Crippen molar-refractivity contribution in [1.82, 2.24) is 19.5 Å². The maximum atomic E-state index is 11.7. The Labute approximate surface area is 125 Å². The minimum atomic E-state index is -0.376. The Morgan fingerprint density at radius 2 is 2.33 bits per heavy atom. The van der Waals surface area contributed by atoms with Gasteiger partial charge in [-0.25, -0.2) is 14.8 Å². The number of hydrogen-bond donors (Lipinski definition) is 1. The van der Waals surface area contributed by atoms with Crippen molar-refractivity contribution in [2.45, 2.75) is 12.4 Å². The maximum absolute atomic E-state index is 11.7. The number of aromatic amines is 1. The van der Waals surface area contributed by atoms with Crippen molar-refractivity contribution in [1.29, 1.82) is 0 Å². The van der Waals surface area contributed by atoms with E-state index in [1.165, 1.54) is 7.11 Å². The fourth-order valence-corrected chi connectivity index (χ4v) is 2.44. The molecule has 0 aliphatic carbocycles. The minimum Gasteiger partial charge on any atom is -0.465 e. The number of hydrogen-bond acceptors (Lipinski definition) is 4. The summed E-state index contributed by atoms with van der Waals surface area (Å²) in [5.74, 6) is 0.651. The summed E-state index contributed by atoms with van der Waals surface area (Å²) in [6.45, 7) is 0.559. The van der Waals surface area contributed by atoms with E-state index in [1.807, 2.05) is 4.57 Å². The molecule has 108 valence electrons. The molecule has 0 unspecified atom stereocenters. The number of methoxy groups -OCH3 is 1. The molecule has 0 aliphatic heterocycles. The van der Waals surface area contributed by atoms with Gasteiger partial charge in [-0.3, -0.25) is 0 Å². The number of carbonyl (C=O) groups is 1. The van der Waals surface area contributed by atoms with Crippen LogP contribution in [0.5, 0.6) is 0 Å². The number of carbonyl (C=O) groups excluding carboxylic acids is 1. The third-order valence-electron chi connectivity index (χ3n) is 3.25. The fourth-order valence-electron chi connectivity index (χ4n) is 2.24. The average Bonchev–Trinajstić information content (AvgIpc) is 3.14. The average molecular weight is 305 g/mol. The van der Waals surface area contributed by atoms with Gasteiger partial charge in [-0.2, -0.15) is 0 Å². The summed E-state index contributed by atoms with van der Waals surface area (Å²) in [5.41, 5.74) is 3.04. The first kappa shape index (κ1) is 13.6. The van der Waals surface area contributed by atoms with E-state index in [4.69, 9.17) is 16.3 Å². The SMILES string of the molecule is COC(=O)c1ccc2nc(CCl)n(Cc3cnc[nH]3)c2c1. The van der Waals surface area contributed by atoms with Crippen LogP contribution in [0.4, 0.5) is 0 Å². The second-order valence-electron chi connectivity index (χ2n) is 4.52. The Kier molecular flexibility index (Phi) is 3.62. The van der Waals surface area contributed by atoms with Gasteiger partial charge in [0, 0.05) is 6.20 Å². The van der Waals surface area contributed by atoms with Crippen LogP contribution in [0.3, 0.4) is 0 Å². The Morgan fingerprint density at radius 3 is 3.00 bits per heavy atom. The summed E-state index contributed by atoms with van der Waals surface area (Å²) in [5, 5.41) is 0. The lowest BCUT2D eigenvalue weighted by atomic mass is 10.2. The number of benzene rings is 1. The van der Waals surface area contributed by atoms with Gasteiger partial charge in [0.25, 0.3) is 0 Å². The van der Waals surface area contributed by atoms with E-state index < -0.39 is 0 Å². The number of halogens is 1. The molecular weight excluding hydrogens is 292 g/mol. The van der Waals surface area contributed by atoms with Gasteiger partial charge >= 0.3 is 5.97 Å². The molecule has 0 fully saturated rings. The third-order valence-corrected chi connectivity index (χ3v) is 3.49. The van der Waals surface area contributed by atoms with Crippen LogP contribution in [0.25, 0.3) is 11.0 Å². The summed E-state index contributed by atoms with van der Waals surface area (Å²) in [4.78, 5) is 23.2. The normalized spacial score (nSPS) is 11.0. The van der Waals surface area contributed by atoms with Crippen LogP contribution in [-0.4, -0.2) is 32.6 Å². The number of rotatable bonds is 4. The molecule has 2 aromatic heterocycles. The predicted molar refractivity (Wildman–Crippen MR) is 78.3 cm³/mol. The highest BCUT2D eigenvalue weighted by Crippen LogP contribution is 2.21. The van der Waals surface area contributed by atoms with Crippen LogP contribution >= 0.6 is 11.6 Å². The highest BCUT2D eigenvalue weighted by Gasteiger charge is 2.14. The largest absolute Gasteiger partial charge is 0.465 e. The van der Waals surface area contributed by atoms with Crippen LogP contribution in [0.2, 0.25) is 0 Å². The molecule has 0 radical (unpaired) electrons. The summed E-state index contributed by atoms with van der Waals surface area (Å²) in [6.07, 6.45) is 3.36. The monoisotopic (exact) mass is 304 g/mol. The second kappa shape index (κ2) is 5.57. The molecule has 1 aromatic carbocycles. The number of imidazole rings is 2. The number of ether oxygens (including phenoxy) is 1. The van der Waals surface area contributed by atoms with Crippen LogP contribution in [0, 0.1) is 0 Å². The first-order valence-corrected chi connectivity index (χ1v) is 6.87. The van der Waals surface area contributed by atoms with E-state index in [0.29, 0.717) is 12.1 Å². The molecule has 0 atom stereocenters. The third kappa shape index (κ3) is 2.50. The van der Waals surface area contributed by atoms with Gasteiger partial charge in [0.1, 0.15) is 5.82 Å². The molecule has 7 heteroatoms. The molecule has 6 nitrogen and oxygen atoms in total. The van der Waals surface area contributed by atoms with E-state index in [-0.39, 0.29) is 11.8 Å². The lowest BCUT2D eigenvalue weighted by Crippen LogP contribution is -2.05. The van der Waals surface area contributed by atoms with E-state index >= 15 is 0 Å². The van der Waals surface area contributed by atoms with Gasteiger partial charge in [-0.15, -0.1) is 11.6 Å². The van der Waals surface area contributed by atoms with Crippen molar-refractivity contribution in [3.8, 4) is 0 Å². The molecular formula is C14H13ClN4O2. The zero-order valence-electron chi connectivity index (χ0n) is 11.3. The number of fused-ring (bicyclic) bond motifs is 1. The fraction of sp³-hybridized carbons (Fsp3) is 0.214. The molecule has 0 spiro atoms. The Hall–Kier alpha value is -2.34. The van der Waals surface area contributed by atoms with Crippen molar-refractivity contribution < 1.29 is 9.53 Å². The molecule has 1 N–H and O–H groups in total. The van der Waals surface area contributed by atoms with Gasteiger partial charge < -0.3 is 14.3 Å². The van der Waals surface area contributed by atoms with Crippen molar-refractivity contribution in [2.75, 3.05) is 7.11 Å². The molecule has 21 heavy (non-hydrogen) atoms. The second-order valence-corrected chi connectivity index (χ2v) is 4.79. The smallest absolute Gasteiger partial charge is 0.337 e. The van der Waals surface area contributed by atoms with Crippen LogP contribution < -0.4 is 0 Å². The quantitative estimate of drug-likeness (QED) is 0.593. The standard InChI is InChI=1S/C14H13ClN4O2/c1-21-14(20)9-2-3-11-12(4-9)19(13(5-15)18-11)7-10-6-16-8-17-10/h2-4,6,8H,5,7H2,1H3,(H,16,17). The van der Waals surface area contributed by atoms with Crippen molar-refractivity contribution in [3.05, 3.63) is 47.8 Å². The summed E-state index contributed by atoms with van der Waals surface area (Å²) < 4.78 is 6.71. The molecule has 0 bridgehead atoms. The van der Waals surface area contributed by atoms with E-state index in [2.05, 4.69) is 15.0 Å². The lowest BCUT2D eigenvalue weighted by Gasteiger charge is -2.06. The number of aromatic nitrogens is 4. The van der Waals surface area contributed by atoms with Gasteiger partial charge in [-0.05, 0) is 18.2 Å². The number of alkyl halides is 1. The molecule has 3 aromatic rings. The van der Waals surface area contributed by atoms with Crippen molar-refractivity contribution >= 4 is 28.6 Å². The number of esters is 1. The molecule has 0 amide bonds. The van der Waals surface area contributed by atoms with E-state index in [0.717, 1.165) is 22.6 Å². The Morgan fingerprint density at radius 1 is 1.48 bits per heavy atom. The zero-order valence-corrected chi connectivity index (χ0v) is 12.1. The zero-order chi connectivity index (χ0) is 14.8. The number of nitrogens with one attached hydrogen (secondary N) is 1. The van der Waals surface area contributed by atoms with E-state index in [9.17, 15) is 4.79 Å². The topological polar surface area (TPSA) is 72.8 Å². The number of H-pyrrole nitrogens is 1. The predicted octanol–water partition coefficient (Wildman–Crippen LogP) is 2.33. The van der Waals surface area contributed by atoms with Gasteiger partial charge in [-0.1, -0.05) is 0 Å². The van der Waals surface area contributed by atoms with Gasteiger partial charge in [0.15, 0.2) is 0 Å². The van der Waals surface area contributed by atoms with Crippen molar-refractivity contribution in [3.63, 3.8) is 0 Å². The maximum Gasteiger partial charge on any atom is 0.337 e. The van der Waals surface area contributed by atoms with Crippen LogP contribution in [0.1, 0.15) is 21.9 Å².